The van der Waals surface area contributed by atoms with Gasteiger partial charge >= 0.3 is 0 Å². The van der Waals surface area contributed by atoms with Crippen LogP contribution in [0.5, 0.6) is 0 Å². The average Bonchev–Trinajstić information content (AvgIpc) is 2.85. The molecule has 2 rings (SSSR count). The molecule has 0 aliphatic rings. The van der Waals surface area contributed by atoms with Crippen molar-refractivity contribution in [2.24, 2.45) is 0 Å². The number of thiophene rings is 1. The number of benzene rings is 1. The summed E-state index contributed by atoms with van der Waals surface area (Å²) >= 11 is 13.1. The highest BCUT2D eigenvalue weighted by atomic mass is 35.5. The maximum absolute atomic E-state index is 13.3. The summed E-state index contributed by atoms with van der Waals surface area (Å²) in [4.78, 5) is 12.8. The van der Waals surface area contributed by atoms with Crippen molar-refractivity contribution in [3.63, 3.8) is 0 Å². The number of allylic oxidation sites excluding steroid dienone is 1. The fraction of sp³-hybridized carbons (Fsp3) is 0. The Morgan fingerprint density at radius 1 is 1.28 bits per heavy atom. The maximum atomic E-state index is 13.3. The van der Waals surface area contributed by atoms with Gasteiger partial charge in [-0.15, -0.1) is 11.3 Å². The second-order valence-electron chi connectivity index (χ2n) is 3.43. The fourth-order valence-electron chi connectivity index (χ4n) is 1.38. The molecule has 1 aromatic heterocycles. The van der Waals surface area contributed by atoms with Gasteiger partial charge in [0, 0.05) is 4.88 Å². The van der Waals surface area contributed by atoms with Crippen LogP contribution in [0.25, 0.3) is 6.08 Å². The van der Waals surface area contributed by atoms with Crippen molar-refractivity contribution in [1.82, 2.24) is 0 Å². The molecule has 1 nitrogen and oxygen atoms in total. The van der Waals surface area contributed by atoms with E-state index in [1.807, 2.05) is 17.5 Å². The molecule has 0 amide bonds. The van der Waals surface area contributed by atoms with Crippen LogP contribution >= 0.6 is 34.5 Å². The topological polar surface area (TPSA) is 17.1 Å². The van der Waals surface area contributed by atoms with Gasteiger partial charge in [0.1, 0.15) is 5.82 Å². The van der Waals surface area contributed by atoms with Gasteiger partial charge in [-0.2, -0.15) is 0 Å². The lowest BCUT2D eigenvalue weighted by atomic mass is 10.1. The van der Waals surface area contributed by atoms with Gasteiger partial charge in [0.25, 0.3) is 0 Å². The third-order valence-corrected chi connectivity index (χ3v) is 3.75. The van der Waals surface area contributed by atoms with E-state index in [1.54, 1.807) is 6.08 Å². The number of ketones is 1. The molecule has 0 radical (unpaired) electrons. The Bertz CT molecular complexity index is 606. The highest BCUT2D eigenvalue weighted by Gasteiger charge is 2.15. The van der Waals surface area contributed by atoms with E-state index in [4.69, 9.17) is 23.2 Å². The highest BCUT2D eigenvalue weighted by molar-refractivity contribution is 7.10. The molecule has 1 aromatic carbocycles. The zero-order chi connectivity index (χ0) is 13.1. The van der Waals surface area contributed by atoms with Gasteiger partial charge in [0.05, 0.1) is 15.6 Å². The van der Waals surface area contributed by atoms with Crippen molar-refractivity contribution in [2.45, 2.75) is 0 Å². The van der Waals surface area contributed by atoms with E-state index in [1.165, 1.54) is 23.5 Å². The van der Waals surface area contributed by atoms with Crippen LogP contribution < -0.4 is 0 Å². The van der Waals surface area contributed by atoms with Crippen molar-refractivity contribution in [3.8, 4) is 0 Å². The van der Waals surface area contributed by atoms with Gasteiger partial charge in [-0.1, -0.05) is 29.3 Å². The largest absolute Gasteiger partial charge is 0.289 e. The van der Waals surface area contributed by atoms with Gasteiger partial charge in [0.15, 0.2) is 5.78 Å². The van der Waals surface area contributed by atoms with E-state index in [9.17, 15) is 9.18 Å². The molecule has 5 heteroatoms. The van der Waals surface area contributed by atoms with E-state index in [-0.39, 0.29) is 15.6 Å². The number of rotatable bonds is 3. The van der Waals surface area contributed by atoms with Crippen LogP contribution in [0.2, 0.25) is 10.0 Å². The summed E-state index contributed by atoms with van der Waals surface area (Å²) in [7, 11) is 0. The Hall–Kier alpha value is -1.16. The zero-order valence-electron chi connectivity index (χ0n) is 8.99. The van der Waals surface area contributed by atoms with Crippen LogP contribution in [-0.2, 0) is 0 Å². The average molecular weight is 301 g/mol. The molecule has 0 aliphatic heterocycles. The summed E-state index contributed by atoms with van der Waals surface area (Å²) in [6, 6.07) is 6.18. The summed E-state index contributed by atoms with van der Waals surface area (Å²) < 4.78 is 13.3. The highest BCUT2D eigenvalue weighted by Crippen LogP contribution is 2.28. The van der Waals surface area contributed by atoms with Gasteiger partial charge in [-0.3, -0.25) is 4.79 Å². The summed E-state index contributed by atoms with van der Waals surface area (Å²) in [5.41, 5.74) is -0.00820. The number of halogens is 3. The first-order valence-electron chi connectivity index (χ1n) is 4.99. The number of hydrogen-bond donors (Lipinski definition) is 0. The first-order chi connectivity index (χ1) is 8.59. The first kappa shape index (κ1) is 13.3. The molecule has 0 saturated heterocycles. The summed E-state index contributed by atoms with van der Waals surface area (Å²) in [6.45, 7) is 0. The minimum Gasteiger partial charge on any atom is -0.289 e. The van der Waals surface area contributed by atoms with E-state index >= 15 is 0 Å². The van der Waals surface area contributed by atoms with Gasteiger partial charge < -0.3 is 0 Å². The number of hydrogen-bond acceptors (Lipinski definition) is 2. The summed E-state index contributed by atoms with van der Waals surface area (Å²) in [5.74, 6) is -1.08. The first-order valence-corrected chi connectivity index (χ1v) is 6.62. The zero-order valence-corrected chi connectivity index (χ0v) is 11.3. The van der Waals surface area contributed by atoms with Crippen LogP contribution in [0, 0.1) is 5.82 Å². The fourth-order valence-corrected chi connectivity index (χ4v) is 2.56. The third kappa shape index (κ3) is 2.80. The molecular weight excluding hydrogens is 294 g/mol. The third-order valence-electron chi connectivity index (χ3n) is 2.23. The van der Waals surface area contributed by atoms with E-state index in [0.29, 0.717) is 0 Å². The molecule has 0 aliphatic carbocycles. The van der Waals surface area contributed by atoms with Crippen LogP contribution in [0.1, 0.15) is 15.2 Å². The molecule has 2 aromatic rings. The van der Waals surface area contributed by atoms with Crippen molar-refractivity contribution in [3.05, 3.63) is 62.0 Å². The van der Waals surface area contributed by atoms with Crippen LogP contribution in [0.3, 0.4) is 0 Å². The second-order valence-corrected chi connectivity index (χ2v) is 5.20. The second kappa shape index (κ2) is 5.65. The van der Waals surface area contributed by atoms with Crippen molar-refractivity contribution >= 4 is 46.4 Å². The van der Waals surface area contributed by atoms with Gasteiger partial charge in [-0.25, -0.2) is 4.39 Å². The Morgan fingerprint density at radius 3 is 2.72 bits per heavy atom. The molecule has 0 spiro atoms. The lowest BCUT2D eigenvalue weighted by Crippen LogP contribution is -1.98. The normalized spacial score (nSPS) is 11.1. The lowest BCUT2D eigenvalue weighted by Gasteiger charge is -2.03. The lowest BCUT2D eigenvalue weighted by molar-refractivity contribution is 0.104. The number of carbonyl (C=O) groups is 1. The number of carbonyl (C=O) groups excluding carboxylic acids is 1. The van der Waals surface area contributed by atoms with Gasteiger partial charge in [0.2, 0.25) is 0 Å². The van der Waals surface area contributed by atoms with Crippen LogP contribution in [0.15, 0.2) is 35.7 Å². The Balaban J connectivity index is 2.32. The van der Waals surface area contributed by atoms with E-state index < -0.39 is 11.6 Å². The van der Waals surface area contributed by atoms with Crippen LogP contribution in [0.4, 0.5) is 4.39 Å². The van der Waals surface area contributed by atoms with Crippen LogP contribution in [-0.4, -0.2) is 5.78 Å². The molecule has 0 saturated carbocycles. The molecule has 92 valence electrons. The Kier molecular flexibility index (Phi) is 4.17. The monoisotopic (exact) mass is 300 g/mol. The maximum Gasteiger partial charge on any atom is 0.188 e. The quantitative estimate of drug-likeness (QED) is 0.438. The Labute approximate surface area is 117 Å². The van der Waals surface area contributed by atoms with E-state index in [2.05, 4.69) is 0 Å². The summed E-state index contributed by atoms with van der Waals surface area (Å²) in [6.07, 6.45) is 2.98. The summed E-state index contributed by atoms with van der Waals surface area (Å²) in [5, 5.41) is 1.79. The molecule has 0 unspecified atom stereocenters. The molecule has 0 atom stereocenters. The molecule has 0 fully saturated rings. The molecule has 1 heterocycles. The Morgan fingerprint density at radius 2 is 2.06 bits per heavy atom. The molecule has 0 N–H and O–H groups in total. The minimum atomic E-state index is -0.658. The predicted molar refractivity (Wildman–Crippen MR) is 74.1 cm³/mol. The van der Waals surface area contributed by atoms with Crippen molar-refractivity contribution < 1.29 is 9.18 Å². The molecule has 0 bridgehead atoms. The predicted octanol–water partition coefficient (Wildman–Crippen LogP) is 5.09. The van der Waals surface area contributed by atoms with Crippen molar-refractivity contribution in [2.75, 3.05) is 0 Å². The minimum absolute atomic E-state index is 0.00820. The SMILES string of the molecule is O=C(/C=C/c1cccs1)c1c(Cl)ccc(F)c1Cl. The standard InChI is InChI=1S/C13H7Cl2FOS/c14-9-4-5-10(16)13(15)12(9)11(17)6-3-8-2-1-7-18-8/h1-7H/b6-3+. The smallest absolute Gasteiger partial charge is 0.188 e. The van der Waals surface area contributed by atoms with Gasteiger partial charge in [-0.05, 0) is 35.7 Å². The molecular formula is C13H7Cl2FOS. The van der Waals surface area contributed by atoms with E-state index in [0.717, 1.165) is 10.9 Å². The molecule has 18 heavy (non-hydrogen) atoms. The van der Waals surface area contributed by atoms with Crippen molar-refractivity contribution in [1.29, 1.82) is 0 Å².